The molecule has 1 fully saturated rings. The van der Waals surface area contributed by atoms with Gasteiger partial charge in [0.05, 0.1) is 40.9 Å². The lowest BCUT2D eigenvalue weighted by Crippen LogP contribution is -2.31. The number of aliphatic hydroxyl groups excluding tert-OH is 1. The van der Waals surface area contributed by atoms with Gasteiger partial charge in [-0.3, -0.25) is 4.79 Å². The topological polar surface area (TPSA) is 108 Å². The number of rotatable bonds is 6. The fourth-order valence-electron chi connectivity index (χ4n) is 2.84. The summed E-state index contributed by atoms with van der Waals surface area (Å²) in [6, 6.07) is 11.3. The van der Waals surface area contributed by atoms with Crippen LogP contribution in [-0.2, 0) is 14.6 Å². The highest BCUT2D eigenvalue weighted by molar-refractivity contribution is 7.91. The van der Waals surface area contributed by atoms with Crippen LogP contribution >= 0.6 is 23.2 Å². The van der Waals surface area contributed by atoms with Crippen LogP contribution in [0.25, 0.3) is 0 Å². The lowest BCUT2D eigenvalue weighted by Gasteiger charge is -2.16. The summed E-state index contributed by atoms with van der Waals surface area (Å²) < 4.78 is 23.1. The minimum atomic E-state index is -3.21. The minimum Gasteiger partial charge on any atom is -0.390 e. The molecule has 0 aliphatic carbocycles. The van der Waals surface area contributed by atoms with Crippen LogP contribution in [0.5, 0.6) is 0 Å². The van der Waals surface area contributed by atoms with E-state index in [1.807, 2.05) is 0 Å². The summed E-state index contributed by atoms with van der Waals surface area (Å²) in [6.45, 7) is 0.0230. The molecule has 2 aromatic carbocycles. The third-order valence-corrected chi connectivity index (χ3v) is 6.50. The van der Waals surface area contributed by atoms with Gasteiger partial charge in [0.25, 0.3) is 0 Å². The highest BCUT2D eigenvalue weighted by Crippen LogP contribution is 2.25. The van der Waals surface area contributed by atoms with Crippen molar-refractivity contribution in [1.82, 2.24) is 0 Å². The molecular formula is C18H19Cl2N3O4S. The second kappa shape index (κ2) is 8.57. The Morgan fingerprint density at radius 2 is 1.75 bits per heavy atom. The molecule has 1 aliphatic heterocycles. The average Bonchev–Trinajstić information content (AvgIpc) is 2.89. The van der Waals surface area contributed by atoms with Crippen molar-refractivity contribution >= 4 is 56.0 Å². The number of halogens is 2. The predicted molar refractivity (Wildman–Crippen MR) is 112 cm³/mol. The molecule has 2 atom stereocenters. The van der Waals surface area contributed by atoms with Crippen molar-refractivity contribution in [3.05, 3.63) is 52.5 Å². The third kappa shape index (κ3) is 5.51. The van der Waals surface area contributed by atoms with Crippen LogP contribution in [-0.4, -0.2) is 49.6 Å². The van der Waals surface area contributed by atoms with Crippen LogP contribution in [0.15, 0.2) is 42.5 Å². The van der Waals surface area contributed by atoms with Crippen LogP contribution in [0.1, 0.15) is 0 Å². The monoisotopic (exact) mass is 443 g/mol. The Balaban J connectivity index is 1.52. The van der Waals surface area contributed by atoms with E-state index in [-0.39, 0.29) is 24.0 Å². The Bertz CT molecular complexity index is 967. The maximum absolute atomic E-state index is 12.1. The second-order valence-electron chi connectivity index (χ2n) is 6.50. The molecule has 1 aliphatic rings. The van der Waals surface area contributed by atoms with E-state index in [1.54, 1.807) is 42.5 Å². The van der Waals surface area contributed by atoms with Crippen molar-refractivity contribution in [2.75, 3.05) is 34.0 Å². The quantitative estimate of drug-likeness (QED) is 0.546. The Morgan fingerprint density at radius 3 is 2.39 bits per heavy atom. The van der Waals surface area contributed by atoms with Crippen molar-refractivity contribution in [2.24, 2.45) is 0 Å². The molecule has 0 spiro atoms. The first-order chi connectivity index (χ1) is 13.2. The van der Waals surface area contributed by atoms with Gasteiger partial charge < -0.3 is 21.1 Å². The molecule has 2 aromatic rings. The largest absolute Gasteiger partial charge is 0.390 e. The van der Waals surface area contributed by atoms with E-state index in [1.165, 1.54) is 0 Å². The summed E-state index contributed by atoms with van der Waals surface area (Å²) in [6.07, 6.45) is -0.926. The standard InChI is InChI=1S/C18H19Cl2N3O4S/c19-11-1-6-14(20)15(7-11)23-18(25)8-21-12-2-4-13(5-3-12)22-16-9-28(26,27)10-17(16)24/h1-7,16-17,21-22,24H,8-10H2,(H,23,25). The van der Waals surface area contributed by atoms with Gasteiger partial charge in [-0.2, -0.15) is 0 Å². The fraction of sp³-hybridized carbons (Fsp3) is 0.278. The Labute approximate surface area is 173 Å². The molecule has 28 heavy (non-hydrogen) atoms. The fourth-order valence-corrected chi connectivity index (χ4v) is 4.91. The van der Waals surface area contributed by atoms with E-state index < -0.39 is 22.0 Å². The number of benzene rings is 2. The summed E-state index contributed by atoms with van der Waals surface area (Å²) >= 11 is 11.9. The van der Waals surface area contributed by atoms with Crippen LogP contribution in [0.3, 0.4) is 0 Å². The number of carbonyl (C=O) groups is 1. The molecule has 0 aromatic heterocycles. The molecule has 2 unspecified atom stereocenters. The number of sulfone groups is 1. The van der Waals surface area contributed by atoms with Crippen LogP contribution in [0.2, 0.25) is 10.0 Å². The van der Waals surface area contributed by atoms with E-state index >= 15 is 0 Å². The van der Waals surface area contributed by atoms with E-state index in [0.29, 0.717) is 27.1 Å². The zero-order chi connectivity index (χ0) is 20.3. The number of carbonyl (C=O) groups excluding carboxylic acids is 1. The van der Waals surface area contributed by atoms with E-state index in [2.05, 4.69) is 16.0 Å². The van der Waals surface area contributed by atoms with Gasteiger partial charge in [-0.05, 0) is 42.5 Å². The minimum absolute atomic E-state index is 0.0230. The molecule has 1 amide bonds. The summed E-state index contributed by atoms with van der Waals surface area (Å²) in [5.74, 6) is -0.609. The molecule has 10 heteroatoms. The molecule has 7 nitrogen and oxygen atoms in total. The smallest absolute Gasteiger partial charge is 0.243 e. The zero-order valence-electron chi connectivity index (χ0n) is 14.7. The first-order valence-electron chi connectivity index (χ1n) is 8.46. The molecule has 150 valence electrons. The van der Waals surface area contributed by atoms with Crippen LogP contribution in [0, 0.1) is 0 Å². The summed E-state index contributed by atoms with van der Waals surface area (Å²) in [5.41, 5.74) is 1.82. The molecule has 3 rings (SSSR count). The molecule has 1 heterocycles. The molecule has 0 saturated carbocycles. The Morgan fingerprint density at radius 1 is 1.07 bits per heavy atom. The van der Waals surface area contributed by atoms with Crippen molar-refractivity contribution in [2.45, 2.75) is 12.1 Å². The van der Waals surface area contributed by atoms with Gasteiger partial charge in [-0.1, -0.05) is 23.2 Å². The van der Waals surface area contributed by atoms with Gasteiger partial charge in [0.15, 0.2) is 9.84 Å². The van der Waals surface area contributed by atoms with E-state index in [0.717, 1.165) is 0 Å². The van der Waals surface area contributed by atoms with Gasteiger partial charge in [-0.25, -0.2) is 8.42 Å². The lowest BCUT2D eigenvalue weighted by molar-refractivity contribution is -0.114. The normalized spacial score (nSPS) is 20.5. The molecular weight excluding hydrogens is 425 g/mol. The van der Waals surface area contributed by atoms with Crippen molar-refractivity contribution in [3.8, 4) is 0 Å². The summed E-state index contributed by atoms with van der Waals surface area (Å²) in [7, 11) is -3.21. The van der Waals surface area contributed by atoms with E-state index in [9.17, 15) is 18.3 Å². The van der Waals surface area contributed by atoms with Gasteiger partial charge in [0.1, 0.15) is 0 Å². The summed E-state index contributed by atoms with van der Waals surface area (Å²) in [4.78, 5) is 12.1. The van der Waals surface area contributed by atoms with Crippen LogP contribution < -0.4 is 16.0 Å². The van der Waals surface area contributed by atoms with Gasteiger partial charge in [-0.15, -0.1) is 0 Å². The molecule has 0 radical (unpaired) electrons. The maximum atomic E-state index is 12.1. The highest BCUT2D eigenvalue weighted by atomic mass is 35.5. The number of aliphatic hydroxyl groups is 1. The number of nitrogens with one attached hydrogen (secondary N) is 3. The van der Waals surface area contributed by atoms with Gasteiger partial charge in [0.2, 0.25) is 5.91 Å². The van der Waals surface area contributed by atoms with Gasteiger partial charge >= 0.3 is 0 Å². The van der Waals surface area contributed by atoms with Gasteiger partial charge in [0, 0.05) is 16.4 Å². The average molecular weight is 444 g/mol. The van der Waals surface area contributed by atoms with Crippen molar-refractivity contribution < 1.29 is 18.3 Å². The third-order valence-electron chi connectivity index (χ3n) is 4.22. The Kier molecular flexibility index (Phi) is 6.34. The SMILES string of the molecule is O=C(CNc1ccc(NC2CS(=O)(=O)CC2O)cc1)Nc1cc(Cl)ccc1Cl. The first-order valence-corrected chi connectivity index (χ1v) is 11.0. The lowest BCUT2D eigenvalue weighted by atomic mass is 10.2. The molecule has 4 N–H and O–H groups in total. The maximum Gasteiger partial charge on any atom is 0.243 e. The number of hydrogen-bond acceptors (Lipinski definition) is 6. The molecule has 0 bridgehead atoms. The first kappa shape index (κ1) is 20.7. The predicted octanol–water partition coefficient (Wildman–Crippen LogP) is 2.61. The number of amides is 1. The number of hydrogen-bond donors (Lipinski definition) is 4. The molecule has 1 saturated heterocycles. The number of anilines is 3. The summed E-state index contributed by atoms with van der Waals surface area (Å²) in [5, 5.41) is 19.4. The van der Waals surface area contributed by atoms with Crippen LogP contribution in [0.4, 0.5) is 17.1 Å². The van der Waals surface area contributed by atoms with Crippen molar-refractivity contribution in [1.29, 1.82) is 0 Å². The van der Waals surface area contributed by atoms with Crippen molar-refractivity contribution in [3.63, 3.8) is 0 Å². The zero-order valence-corrected chi connectivity index (χ0v) is 17.0. The Hall–Kier alpha value is -2.00. The van der Waals surface area contributed by atoms with E-state index in [4.69, 9.17) is 23.2 Å². The highest BCUT2D eigenvalue weighted by Gasteiger charge is 2.36. The second-order valence-corrected chi connectivity index (χ2v) is 9.50.